The fraction of sp³-hybridized carbons (Fsp3) is 0. The van der Waals surface area contributed by atoms with Crippen LogP contribution < -0.4 is 5.32 Å². The van der Waals surface area contributed by atoms with Gasteiger partial charge in [-0.15, -0.1) is 0 Å². The summed E-state index contributed by atoms with van der Waals surface area (Å²) in [6, 6.07) is 17.6. The Balaban J connectivity index is 2.19. The molecule has 3 rings (SSSR count). The standard InChI is InChI=1S/C15H10Cl2N2/c16-13-14(18-10-6-2-1-3-7-10)11-8-4-5-9-12(11)19-15(13)17/h1-9H,(H,18,19). The van der Waals surface area contributed by atoms with Crippen molar-refractivity contribution >= 4 is 45.5 Å². The Morgan fingerprint density at radius 1 is 0.842 bits per heavy atom. The number of benzene rings is 2. The number of para-hydroxylation sites is 2. The third kappa shape index (κ3) is 2.37. The molecule has 0 unspecified atom stereocenters. The van der Waals surface area contributed by atoms with Crippen LogP contribution in [-0.4, -0.2) is 4.98 Å². The predicted octanol–water partition coefficient (Wildman–Crippen LogP) is 5.29. The number of rotatable bonds is 2. The molecule has 0 aliphatic heterocycles. The lowest BCUT2D eigenvalue weighted by molar-refractivity contribution is 1.40. The van der Waals surface area contributed by atoms with E-state index in [4.69, 9.17) is 23.2 Å². The molecule has 1 N–H and O–H groups in total. The number of nitrogens with zero attached hydrogens (tertiary/aromatic N) is 1. The first-order valence-electron chi connectivity index (χ1n) is 5.81. The van der Waals surface area contributed by atoms with Crippen molar-refractivity contribution in [2.24, 2.45) is 0 Å². The van der Waals surface area contributed by atoms with Crippen LogP contribution >= 0.6 is 23.2 Å². The molecule has 1 aromatic heterocycles. The minimum Gasteiger partial charge on any atom is -0.354 e. The zero-order chi connectivity index (χ0) is 13.2. The van der Waals surface area contributed by atoms with Gasteiger partial charge in [-0.1, -0.05) is 59.6 Å². The summed E-state index contributed by atoms with van der Waals surface area (Å²) in [4.78, 5) is 4.27. The molecular formula is C15H10Cl2N2. The van der Waals surface area contributed by atoms with E-state index in [2.05, 4.69) is 10.3 Å². The number of hydrogen-bond donors (Lipinski definition) is 1. The summed E-state index contributed by atoms with van der Waals surface area (Å²) in [6.45, 7) is 0. The number of nitrogens with one attached hydrogen (secondary N) is 1. The largest absolute Gasteiger partial charge is 0.354 e. The molecule has 0 aliphatic carbocycles. The highest BCUT2D eigenvalue weighted by atomic mass is 35.5. The number of halogens is 2. The van der Waals surface area contributed by atoms with Gasteiger partial charge >= 0.3 is 0 Å². The van der Waals surface area contributed by atoms with Crippen LogP contribution in [0.3, 0.4) is 0 Å². The van der Waals surface area contributed by atoms with E-state index in [9.17, 15) is 0 Å². The SMILES string of the molecule is Clc1nc2ccccc2c(Nc2ccccc2)c1Cl. The summed E-state index contributed by atoms with van der Waals surface area (Å²) in [5.41, 5.74) is 2.55. The van der Waals surface area contributed by atoms with Crippen molar-refractivity contribution in [3.63, 3.8) is 0 Å². The lowest BCUT2D eigenvalue weighted by atomic mass is 10.2. The van der Waals surface area contributed by atoms with Crippen LogP contribution in [0, 0.1) is 0 Å². The maximum atomic E-state index is 6.27. The Morgan fingerprint density at radius 2 is 1.53 bits per heavy atom. The lowest BCUT2D eigenvalue weighted by Gasteiger charge is -2.12. The maximum absolute atomic E-state index is 6.27. The van der Waals surface area contributed by atoms with E-state index in [1.165, 1.54) is 0 Å². The molecule has 0 aliphatic rings. The smallest absolute Gasteiger partial charge is 0.150 e. The summed E-state index contributed by atoms with van der Waals surface area (Å²) in [6.07, 6.45) is 0. The summed E-state index contributed by atoms with van der Waals surface area (Å²) < 4.78 is 0. The van der Waals surface area contributed by atoms with Crippen molar-refractivity contribution in [2.75, 3.05) is 5.32 Å². The van der Waals surface area contributed by atoms with Gasteiger partial charge in [-0.25, -0.2) is 4.98 Å². The second-order valence-corrected chi connectivity index (χ2v) is 4.84. The van der Waals surface area contributed by atoms with E-state index in [1.807, 2.05) is 54.6 Å². The van der Waals surface area contributed by atoms with Crippen molar-refractivity contribution in [3.8, 4) is 0 Å². The molecule has 0 fully saturated rings. The molecule has 3 aromatic rings. The number of anilines is 2. The Kier molecular flexibility index (Phi) is 3.28. The third-order valence-electron chi connectivity index (χ3n) is 2.84. The van der Waals surface area contributed by atoms with Gasteiger partial charge in [0.25, 0.3) is 0 Å². The highest BCUT2D eigenvalue weighted by molar-refractivity contribution is 6.44. The first kappa shape index (κ1) is 12.3. The van der Waals surface area contributed by atoms with Crippen molar-refractivity contribution in [2.45, 2.75) is 0 Å². The van der Waals surface area contributed by atoms with Gasteiger partial charge in [0.15, 0.2) is 0 Å². The summed E-state index contributed by atoms with van der Waals surface area (Å²) in [5.74, 6) is 0. The van der Waals surface area contributed by atoms with E-state index in [0.29, 0.717) is 10.2 Å². The summed E-state index contributed by atoms with van der Waals surface area (Å²) in [7, 11) is 0. The molecule has 1 heterocycles. The quantitative estimate of drug-likeness (QED) is 0.649. The average molecular weight is 289 g/mol. The molecular weight excluding hydrogens is 279 g/mol. The zero-order valence-corrected chi connectivity index (χ0v) is 11.4. The van der Waals surface area contributed by atoms with Gasteiger partial charge in [-0.05, 0) is 18.2 Å². The van der Waals surface area contributed by atoms with Crippen LogP contribution in [0.25, 0.3) is 10.9 Å². The Bertz CT molecular complexity index is 727. The van der Waals surface area contributed by atoms with E-state index in [0.717, 1.165) is 22.3 Å². The van der Waals surface area contributed by atoms with Crippen LogP contribution in [0.2, 0.25) is 10.2 Å². The van der Waals surface area contributed by atoms with Gasteiger partial charge in [-0.3, -0.25) is 0 Å². The van der Waals surface area contributed by atoms with Crippen LogP contribution in [0.4, 0.5) is 11.4 Å². The zero-order valence-electron chi connectivity index (χ0n) is 9.90. The Morgan fingerprint density at radius 3 is 2.32 bits per heavy atom. The monoisotopic (exact) mass is 288 g/mol. The van der Waals surface area contributed by atoms with Crippen molar-refractivity contribution < 1.29 is 0 Å². The van der Waals surface area contributed by atoms with Crippen LogP contribution in [0.15, 0.2) is 54.6 Å². The second kappa shape index (κ2) is 5.08. The van der Waals surface area contributed by atoms with Gasteiger partial charge in [-0.2, -0.15) is 0 Å². The summed E-state index contributed by atoms with van der Waals surface area (Å²) in [5, 5.41) is 4.98. The first-order valence-corrected chi connectivity index (χ1v) is 6.57. The fourth-order valence-electron chi connectivity index (χ4n) is 1.95. The van der Waals surface area contributed by atoms with E-state index in [1.54, 1.807) is 0 Å². The lowest BCUT2D eigenvalue weighted by Crippen LogP contribution is -1.94. The second-order valence-electron chi connectivity index (χ2n) is 4.10. The highest BCUT2D eigenvalue weighted by Crippen LogP contribution is 2.36. The minimum atomic E-state index is 0.304. The number of hydrogen-bond acceptors (Lipinski definition) is 2. The number of fused-ring (bicyclic) bond motifs is 1. The topological polar surface area (TPSA) is 24.9 Å². The summed E-state index contributed by atoms with van der Waals surface area (Å²) >= 11 is 12.3. The molecule has 0 atom stereocenters. The Hall–Kier alpha value is -1.77. The number of aromatic nitrogens is 1. The molecule has 4 heteroatoms. The van der Waals surface area contributed by atoms with Gasteiger partial charge in [0.05, 0.1) is 11.2 Å². The molecule has 0 saturated carbocycles. The van der Waals surface area contributed by atoms with Crippen LogP contribution in [0.1, 0.15) is 0 Å². The first-order chi connectivity index (χ1) is 9.25. The molecule has 94 valence electrons. The molecule has 0 bridgehead atoms. The third-order valence-corrected chi connectivity index (χ3v) is 3.57. The number of pyridine rings is 1. The molecule has 2 nitrogen and oxygen atoms in total. The van der Waals surface area contributed by atoms with Crippen LogP contribution in [-0.2, 0) is 0 Å². The Labute approximate surface area is 121 Å². The maximum Gasteiger partial charge on any atom is 0.150 e. The van der Waals surface area contributed by atoms with Gasteiger partial charge < -0.3 is 5.32 Å². The molecule has 0 amide bonds. The van der Waals surface area contributed by atoms with Crippen LogP contribution in [0.5, 0.6) is 0 Å². The highest BCUT2D eigenvalue weighted by Gasteiger charge is 2.11. The minimum absolute atomic E-state index is 0.304. The van der Waals surface area contributed by atoms with Crippen molar-refractivity contribution in [1.29, 1.82) is 0 Å². The molecule has 0 spiro atoms. The van der Waals surface area contributed by atoms with Crippen molar-refractivity contribution in [3.05, 3.63) is 64.8 Å². The molecule has 0 saturated heterocycles. The van der Waals surface area contributed by atoms with Gasteiger partial charge in [0.1, 0.15) is 10.2 Å². The average Bonchev–Trinajstić information content (AvgIpc) is 2.45. The molecule has 19 heavy (non-hydrogen) atoms. The van der Waals surface area contributed by atoms with Gasteiger partial charge in [0, 0.05) is 11.1 Å². The van der Waals surface area contributed by atoms with E-state index >= 15 is 0 Å². The van der Waals surface area contributed by atoms with Gasteiger partial charge in [0.2, 0.25) is 0 Å². The molecule has 0 radical (unpaired) electrons. The fourth-order valence-corrected chi connectivity index (χ4v) is 2.32. The van der Waals surface area contributed by atoms with E-state index in [-0.39, 0.29) is 0 Å². The van der Waals surface area contributed by atoms with Crippen molar-refractivity contribution in [1.82, 2.24) is 4.98 Å². The normalized spacial score (nSPS) is 10.6. The predicted molar refractivity (Wildman–Crippen MR) is 81.5 cm³/mol. The molecule has 2 aromatic carbocycles. The van der Waals surface area contributed by atoms with E-state index < -0.39 is 0 Å².